The summed E-state index contributed by atoms with van der Waals surface area (Å²) in [5.74, 6) is -0.905. The van der Waals surface area contributed by atoms with Crippen molar-refractivity contribution in [3.8, 4) is 11.6 Å². The summed E-state index contributed by atoms with van der Waals surface area (Å²) in [4.78, 5) is 3.38. The summed E-state index contributed by atoms with van der Waals surface area (Å²) in [5, 5.41) is 8.89. The Kier molecular flexibility index (Phi) is 2.80. The van der Waals surface area contributed by atoms with Crippen molar-refractivity contribution in [2.45, 2.75) is 6.61 Å². The molecule has 66 valence electrons. The predicted octanol–water partition coefficient (Wildman–Crippen LogP) is 2.15. The van der Waals surface area contributed by atoms with Gasteiger partial charge in [-0.05, 0) is 15.9 Å². The summed E-state index contributed by atoms with van der Waals surface area (Å²) in [7, 11) is 0. The zero-order chi connectivity index (χ0) is 9.14. The van der Waals surface area contributed by atoms with E-state index >= 15 is 0 Å². The maximum absolute atomic E-state index is 11.7. The van der Waals surface area contributed by atoms with Gasteiger partial charge >= 0.3 is 6.61 Å². The zero-order valence-corrected chi connectivity index (χ0v) is 7.25. The summed E-state index contributed by atoms with van der Waals surface area (Å²) in [5.41, 5.74) is 0. The third-order valence-corrected chi connectivity index (χ3v) is 1.45. The molecule has 0 fully saturated rings. The van der Waals surface area contributed by atoms with E-state index in [1.54, 1.807) is 0 Å². The van der Waals surface area contributed by atoms with Gasteiger partial charge in [-0.2, -0.15) is 8.78 Å². The fourth-order valence-corrected chi connectivity index (χ4v) is 0.906. The van der Waals surface area contributed by atoms with Crippen LogP contribution in [0.1, 0.15) is 0 Å². The van der Waals surface area contributed by atoms with Gasteiger partial charge in [0.1, 0.15) is 0 Å². The molecule has 1 rings (SSSR count). The summed E-state index contributed by atoms with van der Waals surface area (Å²) < 4.78 is 27.7. The lowest BCUT2D eigenvalue weighted by Crippen LogP contribution is -2.02. The van der Waals surface area contributed by atoms with Crippen LogP contribution in [0.3, 0.4) is 0 Å². The molecule has 1 N–H and O–H groups in total. The van der Waals surface area contributed by atoms with Gasteiger partial charge in [-0.25, -0.2) is 4.98 Å². The second kappa shape index (κ2) is 3.66. The summed E-state index contributed by atoms with van der Waals surface area (Å²) in [6.45, 7) is -2.97. The number of ether oxygens (including phenoxy) is 1. The minimum atomic E-state index is -2.97. The molecular formula is C6H4BrF2NO2. The first-order valence-corrected chi connectivity index (χ1v) is 3.68. The first-order valence-electron chi connectivity index (χ1n) is 2.89. The van der Waals surface area contributed by atoms with Gasteiger partial charge in [-0.15, -0.1) is 0 Å². The largest absolute Gasteiger partial charge is 0.491 e. The van der Waals surface area contributed by atoms with Crippen molar-refractivity contribution in [3.05, 3.63) is 16.7 Å². The van der Waals surface area contributed by atoms with Crippen molar-refractivity contribution in [2.24, 2.45) is 0 Å². The molecule has 0 saturated heterocycles. The number of aromatic hydroxyl groups is 1. The number of alkyl halides is 2. The minimum absolute atomic E-state index is 0.348. The molecule has 0 radical (unpaired) electrons. The number of pyridine rings is 1. The Balaban J connectivity index is 2.90. The second-order valence-corrected chi connectivity index (χ2v) is 2.77. The topological polar surface area (TPSA) is 42.4 Å². The van der Waals surface area contributed by atoms with Gasteiger partial charge in [-0.3, -0.25) is 0 Å². The van der Waals surface area contributed by atoms with E-state index in [4.69, 9.17) is 5.11 Å². The quantitative estimate of drug-likeness (QED) is 0.861. The van der Waals surface area contributed by atoms with Crippen molar-refractivity contribution in [1.82, 2.24) is 4.98 Å². The van der Waals surface area contributed by atoms with Crippen molar-refractivity contribution < 1.29 is 18.6 Å². The van der Waals surface area contributed by atoms with Crippen molar-refractivity contribution in [2.75, 3.05) is 0 Å². The van der Waals surface area contributed by atoms with E-state index in [1.165, 1.54) is 12.3 Å². The van der Waals surface area contributed by atoms with Crippen LogP contribution in [-0.4, -0.2) is 16.7 Å². The van der Waals surface area contributed by atoms with E-state index in [9.17, 15) is 8.78 Å². The maximum Gasteiger partial charge on any atom is 0.387 e. The molecule has 0 unspecified atom stereocenters. The SMILES string of the molecule is Oc1ncc(Br)cc1OC(F)F. The number of nitrogens with zero attached hydrogens (tertiary/aromatic N) is 1. The Hall–Kier alpha value is -0.910. The number of halogens is 3. The molecular weight excluding hydrogens is 236 g/mol. The molecule has 0 aromatic carbocycles. The molecule has 0 aliphatic carbocycles. The number of hydrogen-bond acceptors (Lipinski definition) is 3. The van der Waals surface area contributed by atoms with E-state index < -0.39 is 12.5 Å². The van der Waals surface area contributed by atoms with E-state index in [-0.39, 0.29) is 5.75 Å². The highest BCUT2D eigenvalue weighted by molar-refractivity contribution is 9.10. The molecule has 6 heteroatoms. The Morgan fingerprint density at radius 1 is 1.58 bits per heavy atom. The average molecular weight is 240 g/mol. The monoisotopic (exact) mass is 239 g/mol. The van der Waals surface area contributed by atoms with Crippen LogP contribution in [0, 0.1) is 0 Å². The standard InChI is InChI=1S/C6H4BrF2NO2/c7-3-1-4(12-6(8)9)5(11)10-2-3/h1-2,6H,(H,10,11). The van der Waals surface area contributed by atoms with Crippen LogP contribution >= 0.6 is 15.9 Å². The molecule has 12 heavy (non-hydrogen) atoms. The first kappa shape index (κ1) is 9.18. The van der Waals surface area contributed by atoms with Crippen LogP contribution in [-0.2, 0) is 0 Å². The second-order valence-electron chi connectivity index (χ2n) is 1.85. The Bertz CT molecular complexity index is 282. The van der Waals surface area contributed by atoms with Gasteiger partial charge in [0.25, 0.3) is 5.88 Å². The Labute approximate surface area is 75.1 Å². The average Bonchev–Trinajstić information content (AvgIpc) is 1.96. The highest BCUT2D eigenvalue weighted by Gasteiger charge is 2.09. The lowest BCUT2D eigenvalue weighted by atomic mass is 10.4. The molecule has 0 aliphatic rings. The molecule has 0 saturated carbocycles. The highest BCUT2D eigenvalue weighted by Crippen LogP contribution is 2.27. The van der Waals surface area contributed by atoms with Gasteiger partial charge < -0.3 is 9.84 Å². The molecule has 0 atom stereocenters. The van der Waals surface area contributed by atoms with Crippen LogP contribution in [0.4, 0.5) is 8.78 Å². The Morgan fingerprint density at radius 3 is 2.83 bits per heavy atom. The number of hydrogen-bond donors (Lipinski definition) is 1. The third kappa shape index (κ3) is 2.30. The normalized spacial score (nSPS) is 10.3. The number of rotatable bonds is 2. The van der Waals surface area contributed by atoms with Crippen LogP contribution in [0.25, 0.3) is 0 Å². The smallest absolute Gasteiger partial charge is 0.387 e. The lowest BCUT2D eigenvalue weighted by molar-refractivity contribution is -0.0516. The van der Waals surface area contributed by atoms with Gasteiger partial charge in [0.15, 0.2) is 5.75 Å². The van der Waals surface area contributed by atoms with E-state index in [0.29, 0.717) is 4.47 Å². The molecule has 1 heterocycles. The molecule has 0 spiro atoms. The van der Waals surface area contributed by atoms with Crippen molar-refractivity contribution in [1.29, 1.82) is 0 Å². The summed E-state index contributed by atoms with van der Waals surface area (Å²) in [6.07, 6.45) is 1.27. The van der Waals surface area contributed by atoms with Gasteiger partial charge in [0.2, 0.25) is 0 Å². The molecule has 1 aromatic rings. The first-order chi connectivity index (χ1) is 5.59. The van der Waals surface area contributed by atoms with E-state index in [2.05, 4.69) is 25.7 Å². The third-order valence-electron chi connectivity index (χ3n) is 1.02. The fourth-order valence-electron chi connectivity index (χ4n) is 0.596. The number of aromatic nitrogens is 1. The molecule has 0 aliphatic heterocycles. The molecule has 0 amide bonds. The molecule has 0 bridgehead atoms. The van der Waals surface area contributed by atoms with Crippen LogP contribution in [0.5, 0.6) is 11.6 Å². The summed E-state index contributed by atoms with van der Waals surface area (Å²) in [6, 6.07) is 1.20. The minimum Gasteiger partial charge on any atom is -0.491 e. The lowest BCUT2D eigenvalue weighted by Gasteiger charge is -2.04. The Morgan fingerprint density at radius 2 is 2.25 bits per heavy atom. The van der Waals surface area contributed by atoms with E-state index in [1.807, 2.05) is 0 Å². The van der Waals surface area contributed by atoms with E-state index in [0.717, 1.165) is 0 Å². The summed E-state index contributed by atoms with van der Waals surface area (Å²) >= 11 is 2.99. The highest BCUT2D eigenvalue weighted by atomic mass is 79.9. The maximum atomic E-state index is 11.7. The molecule has 3 nitrogen and oxygen atoms in total. The molecule has 1 aromatic heterocycles. The van der Waals surface area contributed by atoms with Gasteiger partial charge in [0, 0.05) is 16.7 Å². The van der Waals surface area contributed by atoms with Gasteiger partial charge in [0.05, 0.1) is 0 Å². The zero-order valence-electron chi connectivity index (χ0n) is 5.67. The van der Waals surface area contributed by atoms with Gasteiger partial charge in [-0.1, -0.05) is 0 Å². The van der Waals surface area contributed by atoms with Crippen LogP contribution < -0.4 is 4.74 Å². The van der Waals surface area contributed by atoms with Crippen LogP contribution in [0.2, 0.25) is 0 Å². The van der Waals surface area contributed by atoms with Crippen molar-refractivity contribution >= 4 is 15.9 Å². The predicted molar refractivity (Wildman–Crippen MR) is 40.2 cm³/mol. The fraction of sp³-hybridized carbons (Fsp3) is 0.167. The van der Waals surface area contributed by atoms with Crippen molar-refractivity contribution in [3.63, 3.8) is 0 Å². The van der Waals surface area contributed by atoms with Crippen LogP contribution in [0.15, 0.2) is 16.7 Å².